The highest BCUT2D eigenvalue weighted by atomic mass is 19.1. The lowest BCUT2D eigenvalue weighted by molar-refractivity contribution is 0.388. The Hall–Kier alpha value is -1.09. The van der Waals surface area contributed by atoms with Crippen LogP contribution in [0.5, 0.6) is 0 Å². The number of nitrogens with zero attached hydrogens (tertiary/aromatic N) is 1. The summed E-state index contributed by atoms with van der Waals surface area (Å²) in [6, 6.07) is 7.68. The van der Waals surface area contributed by atoms with E-state index in [0.29, 0.717) is 11.7 Å². The molecule has 0 aromatic heterocycles. The first-order valence-electron chi connectivity index (χ1n) is 7.41. The van der Waals surface area contributed by atoms with E-state index < -0.39 is 0 Å². The van der Waals surface area contributed by atoms with Crippen LogP contribution in [0.25, 0.3) is 0 Å². The van der Waals surface area contributed by atoms with Gasteiger partial charge in [-0.25, -0.2) is 4.39 Å². The van der Waals surface area contributed by atoms with Gasteiger partial charge in [-0.3, -0.25) is 0 Å². The summed E-state index contributed by atoms with van der Waals surface area (Å²) in [5, 5.41) is 3.58. The maximum atomic E-state index is 13.7. The van der Waals surface area contributed by atoms with Gasteiger partial charge in [0.1, 0.15) is 5.82 Å². The van der Waals surface area contributed by atoms with Gasteiger partial charge in [0, 0.05) is 19.6 Å². The molecule has 1 aromatic carbocycles. The van der Waals surface area contributed by atoms with Gasteiger partial charge in [0.25, 0.3) is 0 Å². The summed E-state index contributed by atoms with van der Waals surface area (Å²) >= 11 is 0. The lowest BCUT2D eigenvalue weighted by Crippen LogP contribution is -2.34. The quantitative estimate of drug-likeness (QED) is 0.847. The molecule has 19 heavy (non-hydrogen) atoms. The van der Waals surface area contributed by atoms with Crippen molar-refractivity contribution in [3.63, 3.8) is 0 Å². The highest BCUT2D eigenvalue weighted by Crippen LogP contribution is 2.29. The summed E-state index contributed by atoms with van der Waals surface area (Å²) in [6.45, 7) is 4.14. The molecule has 0 bridgehead atoms. The molecular formula is C16H25FN2. The van der Waals surface area contributed by atoms with Crippen LogP contribution in [-0.2, 0) is 0 Å². The van der Waals surface area contributed by atoms with E-state index in [-0.39, 0.29) is 5.82 Å². The Morgan fingerprint density at radius 1 is 1.32 bits per heavy atom. The molecule has 2 rings (SSSR count). The molecule has 1 aliphatic carbocycles. The Kier molecular flexibility index (Phi) is 5.20. The fourth-order valence-electron chi connectivity index (χ4n) is 3.15. The van der Waals surface area contributed by atoms with Crippen LogP contribution in [-0.4, -0.2) is 26.2 Å². The molecule has 0 aliphatic heterocycles. The Morgan fingerprint density at radius 2 is 2.11 bits per heavy atom. The molecule has 2 unspecified atom stereocenters. The topological polar surface area (TPSA) is 15.3 Å². The van der Waals surface area contributed by atoms with Crippen LogP contribution in [0.3, 0.4) is 0 Å². The minimum atomic E-state index is -0.125. The van der Waals surface area contributed by atoms with Gasteiger partial charge in [-0.05, 0) is 43.9 Å². The van der Waals surface area contributed by atoms with E-state index in [9.17, 15) is 4.39 Å². The molecule has 0 saturated heterocycles. The lowest BCUT2D eigenvalue weighted by Gasteiger charge is -2.25. The molecule has 1 aliphatic rings. The molecule has 2 nitrogen and oxygen atoms in total. The van der Waals surface area contributed by atoms with Crippen LogP contribution < -0.4 is 10.2 Å². The van der Waals surface area contributed by atoms with Gasteiger partial charge >= 0.3 is 0 Å². The molecule has 1 N–H and O–H groups in total. The van der Waals surface area contributed by atoms with Crippen molar-refractivity contribution in [3.05, 3.63) is 30.1 Å². The molecule has 1 saturated carbocycles. The highest BCUT2D eigenvalue weighted by molar-refractivity contribution is 5.46. The maximum Gasteiger partial charge on any atom is 0.146 e. The zero-order valence-electron chi connectivity index (χ0n) is 12.0. The van der Waals surface area contributed by atoms with Gasteiger partial charge in [-0.2, -0.15) is 0 Å². The lowest BCUT2D eigenvalue weighted by atomic mass is 9.99. The van der Waals surface area contributed by atoms with Crippen molar-refractivity contribution in [2.45, 2.75) is 38.6 Å². The first-order chi connectivity index (χ1) is 9.22. The van der Waals surface area contributed by atoms with Gasteiger partial charge < -0.3 is 10.2 Å². The fraction of sp³-hybridized carbons (Fsp3) is 0.625. The zero-order valence-corrected chi connectivity index (χ0v) is 12.0. The third kappa shape index (κ3) is 3.69. The second-order valence-corrected chi connectivity index (χ2v) is 5.52. The Morgan fingerprint density at radius 3 is 2.84 bits per heavy atom. The summed E-state index contributed by atoms with van der Waals surface area (Å²) in [6.07, 6.45) is 5.07. The summed E-state index contributed by atoms with van der Waals surface area (Å²) in [7, 11) is 1.98. The van der Waals surface area contributed by atoms with Crippen molar-refractivity contribution in [2.75, 3.05) is 25.0 Å². The summed E-state index contributed by atoms with van der Waals surface area (Å²) in [5.74, 6) is 0.619. The van der Waals surface area contributed by atoms with Crippen molar-refractivity contribution in [3.8, 4) is 0 Å². The largest absolute Gasteiger partial charge is 0.372 e. The zero-order chi connectivity index (χ0) is 13.7. The molecule has 1 fully saturated rings. The molecule has 106 valence electrons. The monoisotopic (exact) mass is 264 g/mol. The average molecular weight is 264 g/mol. The standard InChI is InChI=1S/C16H25FN2/c1-3-18-15-9-6-7-13(15)11-12-19(2)16-10-5-4-8-14(16)17/h4-5,8,10,13,15,18H,3,6-7,9,11-12H2,1-2H3. The number of anilines is 1. The third-order valence-electron chi connectivity index (χ3n) is 4.22. The number of hydrogen-bond acceptors (Lipinski definition) is 2. The number of nitrogens with one attached hydrogen (secondary N) is 1. The van der Waals surface area contributed by atoms with E-state index in [4.69, 9.17) is 0 Å². The van der Waals surface area contributed by atoms with E-state index in [0.717, 1.165) is 25.4 Å². The van der Waals surface area contributed by atoms with Crippen LogP contribution in [0.2, 0.25) is 0 Å². The van der Waals surface area contributed by atoms with E-state index in [1.54, 1.807) is 6.07 Å². The van der Waals surface area contributed by atoms with E-state index in [2.05, 4.69) is 12.2 Å². The molecule has 3 heteroatoms. The summed E-state index contributed by atoms with van der Waals surface area (Å²) in [4.78, 5) is 2.04. The van der Waals surface area contributed by atoms with Crippen LogP contribution >= 0.6 is 0 Å². The average Bonchev–Trinajstić information content (AvgIpc) is 2.84. The second kappa shape index (κ2) is 6.90. The Balaban J connectivity index is 1.86. The minimum Gasteiger partial charge on any atom is -0.372 e. The minimum absolute atomic E-state index is 0.125. The fourth-order valence-corrected chi connectivity index (χ4v) is 3.15. The van der Waals surface area contributed by atoms with E-state index >= 15 is 0 Å². The van der Waals surface area contributed by atoms with E-state index in [1.807, 2.05) is 24.1 Å². The number of rotatable bonds is 6. The predicted molar refractivity (Wildman–Crippen MR) is 79.1 cm³/mol. The van der Waals surface area contributed by atoms with Crippen molar-refractivity contribution in [1.82, 2.24) is 5.32 Å². The number of benzene rings is 1. The number of halogens is 1. The van der Waals surface area contributed by atoms with Crippen molar-refractivity contribution in [2.24, 2.45) is 5.92 Å². The van der Waals surface area contributed by atoms with Crippen molar-refractivity contribution >= 4 is 5.69 Å². The van der Waals surface area contributed by atoms with Gasteiger partial charge in [0.05, 0.1) is 5.69 Å². The van der Waals surface area contributed by atoms with Crippen molar-refractivity contribution in [1.29, 1.82) is 0 Å². The van der Waals surface area contributed by atoms with E-state index in [1.165, 1.54) is 25.3 Å². The maximum absolute atomic E-state index is 13.7. The molecule has 0 amide bonds. The van der Waals surface area contributed by atoms with Crippen LogP contribution in [0.15, 0.2) is 24.3 Å². The summed E-state index contributed by atoms with van der Waals surface area (Å²) in [5.41, 5.74) is 0.709. The first-order valence-corrected chi connectivity index (χ1v) is 7.41. The predicted octanol–water partition coefficient (Wildman–Crippen LogP) is 3.43. The first kappa shape index (κ1) is 14.3. The van der Waals surface area contributed by atoms with Crippen LogP contribution in [0.4, 0.5) is 10.1 Å². The molecule has 1 aromatic rings. The smallest absolute Gasteiger partial charge is 0.146 e. The van der Waals surface area contributed by atoms with Crippen molar-refractivity contribution < 1.29 is 4.39 Å². The molecule has 2 atom stereocenters. The third-order valence-corrected chi connectivity index (χ3v) is 4.22. The molecule has 0 radical (unpaired) electrons. The summed E-state index contributed by atoms with van der Waals surface area (Å²) < 4.78 is 13.7. The van der Waals surface area contributed by atoms with Gasteiger partial charge in [-0.1, -0.05) is 25.5 Å². The normalized spacial score (nSPS) is 22.7. The van der Waals surface area contributed by atoms with Gasteiger partial charge in [0.15, 0.2) is 0 Å². The van der Waals surface area contributed by atoms with Gasteiger partial charge in [0.2, 0.25) is 0 Å². The Bertz CT molecular complexity index is 394. The van der Waals surface area contributed by atoms with Crippen LogP contribution in [0, 0.1) is 11.7 Å². The Labute approximate surface area is 116 Å². The second-order valence-electron chi connectivity index (χ2n) is 5.52. The number of para-hydroxylation sites is 1. The van der Waals surface area contributed by atoms with Crippen LogP contribution in [0.1, 0.15) is 32.6 Å². The molecule has 0 spiro atoms. The number of hydrogen-bond donors (Lipinski definition) is 1. The highest BCUT2D eigenvalue weighted by Gasteiger charge is 2.26. The SMILES string of the molecule is CCNC1CCCC1CCN(C)c1ccccc1F. The molecular weight excluding hydrogens is 239 g/mol. The molecule has 0 heterocycles. The van der Waals surface area contributed by atoms with Gasteiger partial charge in [-0.15, -0.1) is 0 Å².